The Morgan fingerprint density at radius 1 is 1.00 bits per heavy atom. The Morgan fingerprint density at radius 3 is 1.40 bits per heavy atom. The highest BCUT2D eigenvalue weighted by Gasteiger charge is 2.41. The van der Waals surface area contributed by atoms with Crippen molar-refractivity contribution in [3.8, 4) is 0 Å². The molecule has 0 unspecified atom stereocenters. The first-order chi connectivity index (χ1) is 4.55. The van der Waals surface area contributed by atoms with Crippen LogP contribution in [0.15, 0.2) is 0 Å². The molecule has 0 radical (unpaired) electrons. The Hall–Kier alpha value is 0.350. The van der Waals surface area contributed by atoms with Crippen molar-refractivity contribution >= 4 is 7.92 Å². The van der Waals surface area contributed by atoms with Crippen molar-refractivity contribution in [2.75, 3.05) is 6.66 Å². The molecule has 1 fully saturated rings. The maximum Gasteiger partial charge on any atom is 0.0869 e. The molecule has 0 aromatic rings. The number of hydrogen-bond acceptors (Lipinski definition) is 2. The topological polar surface area (TPSA) is 40.5 Å². The predicted molar refractivity (Wildman–Crippen MR) is 43.8 cm³/mol. The highest BCUT2D eigenvalue weighted by molar-refractivity contribution is 7.58. The maximum absolute atomic E-state index is 9.37. The van der Waals surface area contributed by atoms with Gasteiger partial charge in [-0.15, -0.1) is 0 Å². The van der Waals surface area contributed by atoms with E-state index in [9.17, 15) is 10.2 Å². The smallest absolute Gasteiger partial charge is 0.0869 e. The molecule has 60 valence electrons. The van der Waals surface area contributed by atoms with Crippen molar-refractivity contribution in [2.24, 2.45) is 0 Å². The van der Waals surface area contributed by atoms with Crippen LogP contribution in [-0.4, -0.2) is 40.4 Å². The van der Waals surface area contributed by atoms with Gasteiger partial charge in [0.15, 0.2) is 0 Å². The summed E-state index contributed by atoms with van der Waals surface area (Å²) in [6.07, 6.45) is -0.961. The molecular weight excluding hydrogens is 147 g/mol. The second kappa shape index (κ2) is 2.77. The van der Waals surface area contributed by atoms with Gasteiger partial charge in [0.1, 0.15) is 0 Å². The molecule has 10 heavy (non-hydrogen) atoms. The van der Waals surface area contributed by atoms with Crippen LogP contribution in [0.2, 0.25) is 0 Å². The van der Waals surface area contributed by atoms with Crippen LogP contribution >= 0.6 is 7.92 Å². The Kier molecular flexibility index (Phi) is 2.34. The SMILES string of the molecule is C[C@H]1[C@@H](O)[C@H](O)[C@H](C)P1C. The minimum Gasteiger partial charge on any atom is -0.390 e. The summed E-state index contributed by atoms with van der Waals surface area (Å²) in [5.41, 5.74) is 0.611. The second-order valence-electron chi connectivity index (χ2n) is 3.13. The van der Waals surface area contributed by atoms with E-state index in [2.05, 4.69) is 6.66 Å². The van der Waals surface area contributed by atoms with Gasteiger partial charge >= 0.3 is 0 Å². The van der Waals surface area contributed by atoms with E-state index in [1.165, 1.54) is 0 Å². The number of aliphatic hydroxyl groups excluding tert-OH is 2. The van der Waals surface area contributed by atoms with Crippen molar-refractivity contribution in [3.05, 3.63) is 0 Å². The fourth-order valence-corrected chi connectivity index (χ4v) is 3.48. The van der Waals surface area contributed by atoms with E-state index in [-0.39, 0.29) is 7.92 Å². The van der Waals surface area contributed by atoms with Gasteiger partial charge in [-0.2, -0.15) is 0 Å². The van der Waals surface area contributed by atoms with Crippen LogP contribution in [0.25, 0.3) is 0 Å². The van der Waals surface area contributed by atoms with Crippen molar-refractivity contribution in [2.45, 2.75) is 37.4 Å². The lowest BCUT2D eigenvalue weighted by atomic mass is 10.1. The van der Waals surface area contributed by atoms with Gasteiger partial charge in [0.25, 0.3) is 0 Å². The molecule has 3 heteroatoms. The molecule has 0 aliphatic carbocycles. The van der Waals surface area contributed by atoms with Crippen LogP contribution in [-0.2, 0) is 0 Å². The lowest BCUT2D eigenvalue weighted by Gasteiger charge is -2.13. The fraction of sp³-hybridized carbons (Fsp3) is 1.00. The van der Waals surface area contributed by atoms with Gasteiger partial charge in [-0.25, -0.2) is 0 Å². The van der Waals surface area contributed by atoms with Gasteiger partial charge in [0, 0.05) is 11.3 Å². The minimum absolute atomic E-state index is 0.166. The van der Waals surface area contributed by atoms with Crippen LogP contribution in [0, 0.1) is 0 Å². The molecule has 0 aromatic carbocycles. The van der Waals surface area contributed by atoms with Crippen molar-refractivity contribution < 1.29 is 10.2 Å². The van der Waals surface area contributed by atoms with E-state index < -0.39 is 12.2 Å². The van der Waals surface area contributed by atoms with Gasteiger partial charge in [0.2, 0.25) is 0 Å². The zero-order chi connectivity index (χ0) is 7.89. The van der Waals surface area contributed by atoms with Crippen molar-refractivity contribution in [1.82, 2.24) is 0 Å². The normalized spacial score (nSPS) is 55.5. The molecule has 2 N–H and O–H groups in total. The molecule has 0 spiro atoms. The first-order valence-corrected chi connectivity index (χ1v) is 5.56. The van der Waals surface area contributed by atoms with E-state index in [1.807, 2.05) is 13.8 Å². The molecule has 1 aliphatic heterocycles. The van der Waals surface area contributed by atoms with E-state index in [0.29, 0.717) is 11.3 Å². The van der Waals surface area contributed by atoms with Crippen LogP contribution in [0.1, 0.15) is 13.8 Å². The largest absolute Gasteiger partial charge is 0.390 e. The molecule has 1 aliphatic rings. The summed E-state index contributed by atoms with van der Waals surface area (Å²) in [4.78, 5) is 0. The predicted octanol–water partition coefficient (Wildman–Crippen LogP) is 0.611. The van der Waals surface area contributed by atoms with Crippen LogP contribution in [0.5, 0.6) is 0 Å². The quantitative estimate of drug-likeness (QED) is 0.512. The number of rotatable bonds is 0. The minimum atomic E-state index is -0.480. The van der Waals surface area contributed by atoms with E-state index in [0.717, 1.165) is 0 Å². The van der Waals surface area contributed by atoms with Crippen molar-refractivity contribution in [1.29, 1.82) is 0 Å². The molecule has 1 rings (SSSR count). The third kappa shape index (κ3) is 1.09. The summed E-state index contributed by atoms with van der Waals surface area (Å²) in [7, 11) is -0.166. The maximum atomic E-state index is 9.37. The number of hydrogen-bond donors (Lipinski definition) is 2. The summed E-state index contributed by atoms with van der Waals surface area (Å²) in [5, 5.41) is 18.7. The monoisotopic (exact) mass is 162 g/mol. The molecule has 0 bridgehead atoms. The van der Waals surface area contributed by atoms with Gasteiger partial charge < -0.3 is 10.2 Å². The van der Waals surface area contributed by atoms with Gasteiger partial charge in [0.05, 0.1) is 12.2 Å². The third-order valence-corrected chi connectivity index (χ3v) is 5.80. The van der Waals surface area contributed by atoms with E-state index in [4.69, 9.17) is 0 Å². The van der Waals surface area contributed by atoms with Crippen LogP contribution < -0.4 is 0 Å². The van der Waals surface area contributed by atoms with Crippen LogP contribution in [0.3, 0.4) is 0 Å². The highest BCUT2D eigenvalue weighted by Crippen LogP contribution is 2.52. The van der Waals surface area contributed by atoms with Crippen LogP contribution in [0.4, 0.5) is 0 Å². The molecule has 0 amide bonds. The lowest BCUT2D eigenvalue weighted by molar-refractivity contribution is 0.0327. The molecule has 1 saturated heterocycles. The molecular formula is C7H15O2P. The van der Waals surface area contributed by atoms with E-state index in [1.54, 1.807) is 0 Å². The summed E-state index contributed by atoms with van der Waals surface area (Å²) in [5.74, 6) is 0. The summed E-state index contributed by atoms with van der Waals surface area (Å²) in [6.45, 7) is 6.18. The summed E-state index contributed by atoms with van der Waals surface area (Å²) >= 11 is 0. The summed E-state index contributed by atoms with van der Waals surface area (Å²) < 4.78 is 0. The van der Waals surface area contributed by atoms with E-state index >= 15 is 0 Å². The molecule has 0 aromatic heterocycles. The Labute approximate surface area is 63.0 Å². The standard InChI is InChI=1S/C7H15O2P/c1-4-6(8)7(9)5(2)10(4)3/h4-9H,1-3H3/t4-,5-,6+,7+/m0/s1. The van der Waals surface area contributed by atoms with Gasteiger partial charge in [-0.3, -0.25) is 0 Å². The summed E-state index contributed by atoms with van der Waals surface area (Å²) in [6, 6.07) is 0. The zero-order valence-electron chi connectivity index (χ0n) is 6.65. The molecule has 1 heterocycles. The third-order valence-electron chi connectivity index (χ3n) is 2.62. The molecule has 0 saturated carbocycles. The Bertz CT molecular complexity index is 83.9. The van der Waals surface area contributed by atoms with Gasteiger partial charge in [-0.1, -0.05) is 21.8 Å². The molecule has 4 atom stereocenters. The lowest BCUT2D eigenvalue weighted by Crippen LogP contribution is -2.30. The average Bonchev–Trinajstić information content (AvgIpc) is 2.07. The first kappa shape index (κ1) is 8.45. The van der Waals surface area contributed by atoms with Crippen molar-refractivity contribution in [3.63, 3.8) is 0 Å². The van der Waals surface area contributed by atoms with Gasteiger partial charge in [-0.05, 0) is 6.66 Å². The Balaban J connectivity index is 2.68. The number of aliphatic hydroxyl groups is 2. The fourth-order valence-electron chi connectivity index (χ4n) is 1.42. The zero-order valence-corrected chi connectivity index (χ0v) is 7.55. The highest BCUT2D eigenvalue weighted by atomic mass is 31.1. The molecule has 2 nitrogen and oxygen atoms in total. The average molecular weight is 162 g/mol. The first-order valence-electron chi connectivity index (χ1n) is 3.63. The Morgan fingerprint density at radius 2 is 1.30 bits per heavy atom. The second-order valence-corrected chi connectivity index (χ2v) is 6.09.